The molecule has 1 heterocycles. The van der Waals surface area contributed by atoms with Gasteiger partial charge in [-0.2, -0.15) is 0 Å². The van der Waals surface area contributed by atoms with Crippen LogP contribution in [0.15, 0.2) is 0 Å². The fourth-order valence-corrected chi connectivity index (χ4v) is 2.88. The summed E-state index contributed by atoms with van der Waals surface area (Å²) in [5.41, 5.74) is 0. The zero-order valence-corrected chi connectivity index (χ0v) is 9.74. The predicted molar refractivity (Wildman–Crippen MR) is 58.8 cm³/mol. The van der Waals surface area contributed by atoms with Gasteiger partial charge in [0.15, 0.2) is 0 Å². The molecule has 86 valence electrons. The Hall–Kier alpha value is -0.410. The Kier molecular flexibility index (Phi) is 3.42. The van der Waals surface area contributed by atoms with E-state index in [1.165, 1.54) is 6.42 Å². The van der Waals surface area contributed by atoms with Crippen molar-refractivity contribution in [1.29, 1.82) is 0 Å². The number of carbonyl (C=O) groups excluding carboxylic acids is 1. The molecular formula is C12H21NO2. The Morgan fingerprint density at radius 1 is 1.40 bits per heavy atom. The van der Waals surface area contributed by atoms with Gasteiger partial charge in [-0.1, -0.05) is 0 Å². The third-order valence-electron chi connectivity index (χ3n) is 3.89. The van der Waals surface area contributed by atoms with E-state index in [1.807, 2.05) is 0 Å². The monoisotopic (exact) mass is 211 g/mol. The summed E-state index contributed by atoms with van der Waals surface area (Å²) < 4.78 is 5.58. The van der Waals surface area contributed by atoms with Gasteiger partial charge in [-0.3, -0.25) is 9.69 Å². The van der Waals surface area contributed by atoms with E-state index < -0.39 is 0 Å². The van der Waals surface area contributed by atoms with Crippen LogP contribution in [-0.2, 0) is 9.53 Å². The molecule has 0 amide bonds. The van der Waals surface area contributed by atoms with Gasteiger partial charge in [0, 0.05) is 31.5 Å². The fraction of sp³-hybridized carbons (Fsp3) is 0.917. The lowest BCUT2D eigenvalue weighted by molar-refractivity contribution is -0.122. The van der Waals surface area contributed by atoms with Crippen molar-refractivity contribution in [3.05, 3.63) is 0 Å². The third-order valence-corrected chi connectivity index (χ3v) is 3.89. The highest BCUT2D eigenvalue weighted by Gasteiger charge is 2.33. The number of ether oxygens (including phenoxy) is 1. The molecule has 3 atom stereocenters. The van der Waals surface area contributed by atoms with E-state index in [0.29, 0.717) is 24.0 Å². The van der Waals surface area contributed by atoms with Gasteiger partial charge >= 0.3 is 0 Å². The molecule has 0 bridgehead atoms. The van der Waals surface area contributed by atoms with Crippen molar-refractivity contribution in [3.8, 4) is 0 Å². The Morgan fingerprint density at radius 2 is 2.20 bits per heavy atom. The van der Waals surface area contributed by atoms with Crippen molar-refractivity contribution in [1.82, 2.24) is 4.90 Å². The van der Waals surface area contributed by atoms with Crippen molar-refractivity contribution < 1.29 is 9.53 Å². The van der Waals surface area contributed by atoms with Gasteiger partial charge in [-0.05, 0) is 33.2 Å². The molecule has 0 radical (unpaired) electrons. The highest BCUT2D eigenvalue weighted by molar-refractivity contribution is 5.79. The highest BCUT2D eigenvalue weighted by Crippen LogP contribution is 2.26. The van der Waals surface area contributed by atoms with Crippen LogP contribution in [0.1, 0.15) is 39.0 Å². The number of ketones is 1. The molecule has 15 heavy (non-hydrogen) atoms. The fourth-order valence-electron chi connectivity index (χ4n) is 2.88. The van der Waals surface area contributed by atoms with Gasteiger partial charge in [0.25, 0.3) is 0 Å². The van der Waals surface area contributed by atoms with Gasteiger partial charge < -0.3 is 4.74 Å². The van der Waals surface area contributed by atoms with Crippen LogP contribution in [-0.4, -0.2) is 42.5 Å². The molecule has 1 saturated carbocycles. The predicted octanol–water partition coefficient (Wildman–Crippen LogP) is 1.61. The summed E-state index contributed by atoms with van der Waals surface area (Å²) in [5, 5.41) is 0. The van der Waals surface area contributed by atoms with Gasteiger partial charge in [-0.25, -0.2) is 0 Å². The Bertz CT molecular complexity index is 242. The number of hydrogen-bond acceptors (Lipinski definition) is 3. The summed E-state index contributed by atoms with van der Waals surface area (Å²) in [7, 11) is 2.15. The van der Waals surface area contributed by atoms with Gasteiger partial charge in [-0.15, -0.1) is 0 Å². The minimum Gasteiger partial charge on any atom is -0.377 e. The first-order chi connectivity index (χ1) is 7.18. The first-order valence-corrected chi connectivity index (χ1v) is 6.03. The molecule has 2 fully saturated rings. The van der Waals surface area contributed by atoms with E-state index in [-0.39, 0.29) is 0 Å². The Labute approximate surface area is 91.8 Å². The molecule has 3 nitrogen and oxygen atoms in total. The van der Waals surface area contributed by atoms with E-state index in [9.17, 15) is 4.79 Å². The number of rotatable bonds is 2. The van der Waals surface area contributed by atoms with Crippen molar-refractivity contribution >= 4 is 5.78 Å². The van der Waals surface area contributed by atoms with Crippen LogP contribution in [0.3, 0.4) is 0 Å². The Balaban J connectivity index is 1.94. The van der Waals surface area contributed by atoms with Crippen LogP contribution >= 0.6 is 0 Å². The molecule has 3 unspecified atom stereocenters. The zero-order chi connectivity index (χ0) is 10.8. The van der Waals surface area contributed by atoms with Crippen LogP contribution in [0.25, 0.3) is 0 Å². The van der Waals surface area contributed by atoms with Crippen LogP contribution < -0.4 is 0 Å². The number of hydrogen-bond donors (Lipinski definition) is 0. The normalized spacial score (nSPS) is 37.5. The molecule has 0 aromatic heterocycles. The van der Waals surface area contributed by atoms with Gasteiger partial charge in [0.05, 0.1) is 6.10 Å². The molecule has 2 aliphatic rings. The largest absolute Gasteiger partial charge is 0.377 e. The summed E-state index contributed by atoms with van der Waals surface area (Å²) in [6, 6.07) is 0.973. The van der Waals surface area contributed by atoms with E-state index >= 15 is 0 Å². The summed E-state index contributed by atoms with van der Waals surface area (Å²) in [6.45, 7) is 3.01. The van der Waals surface area contributed by atoms with Crippen molar-refractivity contribution in [2.45, 2.75) is 57.2 Å². The van der Waals surface area contributed by atoms with Gasteiger partial charge in [0.1, 0.15) is 5.78 Å². The quantitative estimate of drug-likeness (QED) is 0.695. The molecule has 1 aliphatic heterocycles. The molecule has 1 aliphatic carbocycles. The van der Waals surface area contributed by atoms with Crippen LogP contribution in [0, 0.1) is 0 Å². The number of Topliss-reactive ketones (excluding diaryl/α,β-unsaturated/α-hetero) is 1. The lowest BCUT2D eigenvalue weighted by atomic mass is 9.92. The standard InChI is InChI=1S/C12H21NO2/c1-9-12(6-7-15-9)13(2)10-4-3-5-11(14)8-10/h9-10,12H,3-8H2,1-2H3. The highest BCUT2D eigenvalue weighted by atomic mass is 16.5. The Morgan fingerprint density at radius 3 is 2.80 bits per heavy atom. The molecule has 0 spiro atoms. The second-order valence-corrected chi connectivity index (χ2v) is 4.89. The summed E-state index contributed by atoms with van der Waals surface area (Å²) in [4.78, 5) is 13.8. The van der Waals surface area contributed by atoms with Gasteiger partial charge in [0.2, 0.25) is 0 Å². The van der Waals surface area contributed by atoms with Crippen molar-refractivity contribution in [3.63, 3.8) is 0 Å². The first-order valence-electron chi connectivity index (χ1n) is 6.03. The van der Waals surface area contributed by atoms with E-state index in [0.717, 1.165) is 32.3 Å². The summed E-state index contributed by atoms with van der Waals surface area (Å²) >= 11 is 0. The molecule has 3 heteroatoms. The molecule has 2 rings (SSSR count). The van der Waals surface area contributed by atoms with E-state index in [4.69, 9.17) is 4.74 Å². The number of carbonyl (C=O) groups is 1. The lowest BCUT2D eigenvalue weighted by Crippen LogP contribution is -2.45. The third kappa shape index (κ3) is 2.40. The molecular weight excluding hydrogens is 190 g/mol. The maximum Gasteiger partial charge on any atom is 0.134 e. The second-order valence-electron chi connectivity index (χ2n) is 4.89. The molecule has 0 N–H and O–H groups in total. The second kappa shape index (κ2) is 4.62. The summed E-state index contributed by atoms with van der Waals surface area (Å²) in [5.74, 6) is 0.435. The minimum atomic E-state index is 0.326. The summed E-state index contributed by atoms with van der Waals surface area (Å²) in [6.07, 6.45) is 5.22. The van der Waals surface area contributed by atoms with Crippen molar-refractivity contribution in [2.75, 3.05) is 13.7 Å². The van der Waals surface area contributed by atoms with E-state index in [1.54, 1.807) is 0 Å². The maximum absolute atomic E-state index is 11.4. The lowest BCUT2D eigenvalue weighted by Gasteiger charge is -2.36. The zero-order valence-electron chi connectivity index (χ0n) is 9.74. The van der Waals surface area contributed by atoms with Crippen LogP contribution in [0.5, 0.6) is 0 Å². The topological polar surface area (TPSA) is 29.5 Å². The average Bonchev–Trinajstić information content (AvgIpc) is 2.63. The average molecular weight is 211 g/mol. The number of likely N-dealkylation sites (N-methyl/N-ethyl adjacent to an activating group) is 1. The maximum atomic E-state index is 11.4. The SMILES string of the molecule is CC1OCCC1N(C)C1CCCC(=O)C1. The van der Waals surface area contributed by atoms with Crippen LogP contribution in [0.2, 0.25) is 0 Å². The molecule has 1 saturated heterocycles. The minimum absolute atomic E-state index is 0.326. The smallest absolute Gasteiger partial charge is 0.134 e. The van der Waals surface area contributed by atoms with Crippen LogP contribution in [0.4, 0.5) is 0 Å². The first kappa shape index (κ1) is 11.1. The molecule has 0 aromatic carbocycles. The van der Waals surface area contributed by atoms with E-state index in [2.05, 4.69) is 18.9 Å². The number of nitrogens with zero attached hydrogens (tertiary/aromatic N) is 1. The molecule has 0 aromatic rings. The van der Waals surface area contributed by atoms with Crippen molar-refractivity contribution in [2.24, 2.45) is 0 Å².